The molecule has 1 saturated carbocycles. The number of methoxy groups -OCH3 is 1. The zero-order valence-corrected chi connectivity index (χ0v) is 12.7. The first-order chi connectivity index (χ1) is 10.2. The highest BCUT2D eigenvalue weighted by Crippen LogP contribution is 2.48. The van der Waals surface area contributed by atoms with Gasteiger partial charge in [0, 0.05) is 32.1 Å². The van der Waals surface area contributed by atoms with Crippen LogP contribution in [0.1, 0.15) is 37.7 Å². The van der Waals surface area contributed by atoms with E-state index in [4.69, 9.17) is 4.74 Å². The van der Waals surface area contributed by atoms with E-state index in [1.165, 1.54) is 12.8 Å². The standard InChI is InChI=1S/C18H23NO2/c1-21-15-18(11-12-18)13-14-19-17(20)10-6-5-9-16-7-3-2-4-8-16/h2-4,7-8H,6,10-15H2,1H3,(H,19,20). The number of carbonyl (C=O) groups excluding carboxylic acids is 1. The lowest BCUT2D eigenvalue weighted by Gasteiger charge is -2.13. The van der Waals surface area contributed by atoms with E-state index in [1.54, 1.807) is 7.11 Å². The van der Waals surface area contributed by atoms with Crippen LogP contribution in [0.2, 0.25) is 0 Å². The van der Waals surface area contributed by atoms with Crippen molar-refractivity contribution in [3.8, 4) is 11.8 Å². The van der Waals surface area contributed by atoms with Gasteiger partial charge in [-0.25, -0.2) is 0 Å². The summed E-state index contributed by atoms with van der Waals surface area (Å²) in [6.45, 7) is 1.56. The van der Waals surface area contributed by atoms with Crippen LogP contribution in [0.3, 0.4) is 0 Å². The molecule has 3 nitrogen and oxygen atoms in total. The molecule has 0 bridgehead atoms. The number of hydrogen-bond donors (Lipinski definition) is 1. The van der Waals surface area contributed by atoms with Gasteiger partial charge in [-0.3, -0.25) is 4.79 Å². The number of amides is 1. The maximum atomic E-state index is 11.7. The third-order valence-corrected chi connectivity index (χ3v) is 3.87. The Hall–Kier alpha value is -1.79. The number of hydrogen-bond acceptors (Lipinski definition) is 2. The molecule has 21 heavy (non-hydrogen) atoms. The molecule has 0 spiro atoms. The Morgan fingerprint density at radius 2 is 2.10 bits per heavy atom. The van der Waals surface area contributed by atoms with Crippen molar-refractivity contribution in [3.05, 3.63) is 35.9 Å². The molecule has 3 heteroatoms. The number of nitrogens with one attached hydrogen (secondary N) is 1. The van der Waals surface area contributed by atoms with Gasteiger partial charge in [-0.2, -0.15) is 0 Å². The van der Waals surface area contributed by atoms with Crippen LogP contribution < -0.4 is 5.32 Å². The molecule has 0 unspecified atom stereocenters. The molecule has 0 saturated heterocycles. The first-order valence-corrected chi connectivity index (χ1v) is 7.54. The molecule has 1 amide bonds. The van der Waals surface area contributed by atoms with Gasteiger partial charge in [0.15, 0.2) is 0 Å². The van der Waals surface area contributed by atoms with Gasteiger partial charge in [0.2, 0.25) is 5.91 Å². The molecule has 2 rings (SSSR count). The number of ether oxygens (including phenoxy) is 1. The van der Waals surface area contributed by atoms with Crippen molar-refractivity contribution in [2.75, 3.05) is 20.3 Å². The van der Waals surface area contributed by atoms with Crippen molar-refractivity contribution in [2.24, 2.45) is 5.41 Å². The predicted molar refractivity (Wildman–Crippen MR) is 83.7 cm³/mol. The van der Waals surface area contributed by atoms with Gasteiger partial charge in [-0.05, 0) is 36.8 Å². The smallest absolute Gasteiger partial charge is 0.220 e. The van der Waals surface area contributed by atoms with Gasteiger partial charge in [0.25, 0.3) is 0 Å². The summed E-state index contributed by atoms with van der Waals surface area (Å²) in [4.78, 5) is 11.7. The zero-order valence-electron chi connectivity index (χ0n) is 12.7. The van der Waals surface area contributed by atoms with Crippen molar-refractivity contribution in [2.45, 2.75) is 32.1 Å². The maximum Gasteiger partial charge on any atom is 0.220 e. The van der Waals surface area contributed by atoms with E-state index in [0.717, 1.165) is 25.1 Å². The normalized spacial score (nSPS) is 14.9. The summed E-state index contributed by atoms with van der Waals surface area (Å²) in [6, 6.07) is 9.83. The molecular formula is C18H23NO2. The van der Waals surface area contributed by atoms with E-state index in [1.807, 2.05) is 30.3 Å². The molecule has 1 aliphatic rings. The summed E-state index contributed by atoms with van der Waals surface area (Å²) >= 11 is 0. The van der Waals surface area contributed by atoms with Crippen LogP contribution in [0.25, 0.3) is 0 Å². The topological polar surface area (TPSA) is 38.3 Å². The highest BCUT2D eigenvalue weighted by molar-refractivity contribution is 5.76. The average Bonchev–Trinajstić information content (AvgIpc) is 3.25. The Morgan fingerprint density at radius 3 is 2.76 bits per heavy atom. The summed E-state index contributed by atoms with van der Waals surface area (Å²) < 4.78 is 5.22. The van der Waals surface area contributed by atoms with Crippen LogP contribution in [-0.4, -0.2) is 26.2 Å². The Morgan fingerprint density at radius 1 is 1.33 bits per heavy atom. The van der Waals surface area contributed by atoms with Crippen LogP contribution in [0.4, 0.5) is 0 Å². The summed E-state index contributed by atoms with van der Waals surface area (Å²) in [6.07, 6.45) is 4.53. The Kier molecular flexibility index (Phi) is 5.83. The van der Waals surface area contributed by atoms with Gasteiger partial charge < -0.3 is 10.1 Å². The quantitative estimate of drug-likeness (QED) is 0.782. The van der Waals surface area contributed by atoms with Gasteiger partial charge >= 0.3 is 0 Å². The zero-order chi connectivity index (χ0) is 15.0. The van der Waals surface area contributed by atoms with Crippen LogP contribution in [-0.2, 0) is 9.53 Å². The Labute approximate surface area is 127 Å². The monoisotopic (exact) mass is 285 g/mol. The van der Waals surface area contributed by atoms with E-state index >= 15 is 0 Å². The molecule has 0 heterocycles. The highest BCUT2D eigenvalue weighted by atomic mass is 16.5. The predicted octanol–water partition coefficient (Wildman–Crippen LogP) is 2.75. The van der Waals surface area contributed by atoms with Gasteiger partial charge in [0.1, 0.15) is 0 Å². The van der Waals surface area contributed by atoms with Crippen molar-refractivity contribution in [3.63, 3.8) is 0 Å². The first kappa shape index (κ1) is 15.6. The molecule has 112 valence electrons. The summed E-state index contributed by atoms with van der Waals surface area (Å²) in [7, 11) is 1.74. The molecular weight excluding hydrogens is 262 g/mol. The molecule has 0 aliphatic heterocycles. The lowest BCUT2D eigenvalue weighted by Crippen LogP contribution is -2.26. The fourth-order valence-corrected chi connectivity index (χ4v) is 2.37. The second kappa shape index (κ2) is 7.85. The Bertz CT molecular complexity index is 509. The van der Waals surface area contributed by atoms with E-state index in [-0.39, 0.29) is 5.91 Å². The highest BCUT2D eigenvalue weighted by Gasteiger charge is 2.41. The molecule has 1 N–H and O–H groups in total. The molecule has 0 aromatic heterocycles. The third kappa shape index (κ3) is 5.61. The molecule has 1 aromatic rings. The summed E-state index contributed by atoms with van der Waals surface area (Å²) in [5.41, 5.74) is 1.34. The molecule has 1 fully saturated rings. The van der Waals surface area contributed by atoms with Crippen molar-refractivity contribution in [1.82, 2.24) is 5.32 Å². The lowest BCUT2D eigenvalue weighted by atomic mass is 10.0. The molecule has 1 aliphatic carbocycles. The summed E-state index contributed by atoms with van der Waals surface area (Å²) in [5, 5.41) is 2.97. The summed E-state index contributed by atoms with van der Waals surface area (Å²) in [5.74, 6) is 6.19. The molecule has 1 aromatic carbocycles. The lowest BCUT2D eigenvalue weighted by molar-refractivity contribution is -0.121. The number of benzene rings is 1. The SMILES string of the molecule is COCC1(CCNC(=O)CCC#Cc2ccccc2)CC1. The molecule has 0 atom stereocenters. The maximum absolute atomic E-state index is 11.7. The van der Waals surface area contributed by atoms with Crippen molar-refractivity contribution in [1.29, 1.82) is 0 Å². The first-order valence-electron chi connectivity index (χ1n) is 7.54. The van der Waals surface area contributed by atoms with Crippen LogP contribution in [0.15, 0.2) is 30.3 Å². The minimum Gasteiger partial charge on any atom is -0.384 e. The van der Waals surface area contributed by atoms with E-state index < -0.39 is 0 Å². The van der Waals surface area contributed by atoms with Gasteiger partial charge in [0.05, 0.1) is 6.61 Å². The number of rotatable bonds is 7. The minimum absolute atomic E-state index is 0.0885. The fourth-order valence-electron chi connectivity index (χ4n) is 2.37. The fraction of sp³-hybridized carbons (Fsp3) is 0.500. The Balaban J connectivity index is 1.59. The van der Waals surface area contributed by atoms with Crippen molar-refractivity contribution >= 4 is 5.91 Å². The van der Waals surface area contributed by atoms with Crippen molar-refractivity contribution < 1.29 is 9.53 Å². The van der Waals surface area contributed by atoms with Gasteiger partial charge in [-0.15, -0.1) is 0 Å². The second-order valence-electron chi connectivity index (χ2n) is 5.70. The van der Waals surface area contributed by atoms with E-state index in [9.17, 15) is 4.79 Å². The average molecular weight is 285 g/mol. The number of carbonyl (C=O) groups is 1. The van der Waals surface area contributed by atoms with Crippen LogP contribution in [0, 0.1) is 17.3 Å². The van der Waals surface area contributed by atoms with E-state index in [2.05, 4.69) is 17.2 Å². The largest absolute Gasteiger partial charge is 0.384 e. The second-order valence-corrected chi connectivity index (χ2v) is 5.70. The minimum atomic E-state index is 0.0885. The van der Waals surface area contributed by atoms with Gasteiger partial charge in [-0.1, -0.05) is 30.0 Å². The molecule has 0 radical (unpaired) electrons. The van der Waals surface area contributed by atoms with Crippen LogP contribution >= 0.6 is 0 Å². The van der Waals surface area contributed by atoms with E-state index in [0.29, 0.717) is 18.3 Å². The third-order valence-electron chi connectivity index (χ3n) is 3.87. The van der Waals surface area contributed by atoms with Crippen LogP contribution in [0.5, 0.6) is 0 Å².